The third-order valence-corrected chi connectivity index (χ3v) is 4.37. The molecule has 0 aliphatic rings. The number of amides is 2. The van der Waals surface area contributed by atoms with E-state index in [9.17, 15) is 4.79 Å². The number of nitrogens with one attached hydrogen (secondary N) is 2. The van der Waals surface area contributed by atoms with Crippen LogP contribution in [0, 0.1) is 6.92 Å². The molecule has 0 saturated carbocycles. The van der Waals surface area contributed by atoms with Gasteiger partial charge in [0.1, 0.15) is 0 Å². The Morgan fingerprint density at radius 1 is 1.08 bits per heavy atom. The number of nitrogens with zero attached hydrogens (tertiary/aromatic N) is 1. The molecule has 0 aromatic heterocycles. The van der Waals surface area contributed by atoms with Crippen molar-refractivity contribution in [1.82, 2.24) is 10.2 Å². The predicted octanol–water partition coefficient (Wildman–Crippen LogP) is 5.06. The molecule has 24 heavy (non-hydrogen) atoms. The van der Waals surface area contributed by atoms with Gasteiger partial charge in [0.2, 0.25) is 0 Å². The molecule has 0 saturated heterocycles. The summed E-state index contributed by atoms with van der Waals surface area (Å²) < 4.78 is 0. The van der Waals surface area contributed by atoms with Gasteiger partial charge in [-0.1, -0.05) is 50.4 Å². The Labute approximate surface area is 151 Å². The zero-order valence-corrected chi connectivity index (χ0v) is 16.1. The molecule has 0 radical (unpaired) electrons. The number of unbranched alkanes of at least 4 members (excludes halogenated alkanes) is 2. The SMILES string of the molecule is CCCCN(CCCC)CCCNC(=O)Nc1c(C)cccc1Cl. The van der Waals surface area contributed by atoms with Gasteiger partial charge in [0.15, 0.2) is 0 Å². The molecule has 2 N–H and O–H groups in total. The van der Waals surface area contributed by atoms with Gasteiger partial charge >= 0.3 is 6.03 Å². The fourth-order valence-electron chi connectivity index (χ4n) is 2.55. The lowest BCUT2D eigenvalue weighted by Crippen LogP contribution is -2.33. The summed E-state index contributed by atoms with van der Waals surface area (Å²) in [6, 6.07) is 5.39. The molecule has 1 rings (SSSR count). The summed E-state index contributed by atoms with van der Waals surface area (Å²) in [6.07, 6.45) is 5.89. The highest BCUT2D eigenvalue weighted by molar-refractivity contribution is 6.33. The van der Waals surface area contributed by atoms with Crippen LogP contribution in [0.5, 0.6) is 0 Å². The molecule has 0 aliphatic heterocycles. The number of halogens is 1. The van der Waals surface area contributed by atoms with Crippen LogP contribution in [0.4, 0.5) is 10.5 Å². The van der Waals surface area contributed by atoms with Gasteiger partial charge in [-0.25, -0.2) is 4.79 Å². The average molecular weight is 354 g/mol. The summed E-state index contributed by atoms with van der Waals surface area (Å²) in [4.78, 5) is 14.5. The van der Waals surface area contributed by atoms with E-state index in [0.717, 1.165) is 31.6 Å². The maximum Gasteiger partial charge on any atom is 0.319 e. The van der Waals surface area contributed by atoms with E-state index < -0.39 is 0 Å². The lowest BCUT2D eigenvalue weighted by atomic mass is 10.2. The molecule has 0 unspecified atom stereocenters. The van der Waals surface area contributed by atoms with Gasteiger partial charge in [-0.3, -0.25) is 0 Å². The van der Waals surface area contributed by atoms with Gasteiger partial charge in [0.25, 0.3) is 0 Å². The van der Waals surface area contributed by atoms with Crippen LogP contribution in [-0.4, -0.2) is 37.1 Å². The van der Waals surface area contributed by atoms with Gasteiger partial charge in [-0.05, 0) is 57.5 Å². The van der Waals surface area contributed by atoms with Crippen molar-refractivity contribution in [2.75, 3.05) is 31.5 Å². The van der Waals surface area contributed by atoms with Crippen LogP contribution in [0.25, 0.3) is 0 Å². The van der Waals surface area contributed by atoms with Crippen molar-refractivity contribution in [3.63, 3.8) is 0 Å². The second kappa shape index (κ2) is 12.2. The largest absolute Gasteiger partial charge is 0.338 e. The number of para-hydroxylation sites is 1. The van der Waals surface area contributed by atoms with E-state index in [4.69, 9.17) is 11.6 Å². The third kappa shape index (κ3) is 8.02. The number of anilines is 1. The first kappa shape index (κ1) is 20.8. The van der Waals surface area contributed by atoms with Crippen molar-refractivity contribution >= 4 is 23.3 Å². The molecular formula is C19H32ClN3O. The molecule has 1 aromatic rings. The fourth-order valence-corrected chi connectivity index (χ4v) is 2.82. The molecule has 0 bridgehead atoms. The van der Waals surface area contributed by atoms with Gasteiger partial charge in [-0.15, -0.1) is 0 Å². The Kier molecular flexibility index (Phi) is 10.5. The number of rotatable bonds is 11. The summed E-state index contributed by atoms with van der Waals surface area (Å²) in [6.45, 7) is 10.4. The highest BCUT2D eigenvalue weighted by atomic mass is 35.5. The van der Waals surface area contributed by atoms with Crippen molar-refractivity contribution in [2.24, 2.45) is 0 Å². The molecule has 0 aliphatic carbocycles. The van der Waals surface area contributed by atoms with Crippen LogP contribution in [0.3, 0.4) is 0 Å². The molecule has 5 heteroatoms. The smallest absolute Gasteiger partial charge is 0.319 e. The van der Waals surface area contributed by atoms with Gasteiger partial charge in [-0.2, -0.15) is 0 Å². The minimum atomic E-state index is -0.195. The zero-order valence-electron chi connectivity index (χ0n) is 15.3. The lowest BCUT2D eigenvalue weighted by Gasteiger charge is -2.22. The number of carbonyl (C=O) groups excluding carboxylic acids is 1. The average Bonchev–Trinajstić information content (AvgIpc) is 2.56. The first-order valence-electron chi connectivity index (χ1n) is 9.10. The number of urea groups is 1. The normalized spacial score (nSPS) is 10.9. The summed E-state index contributed by atoms with van der Waals surface area (Å²) in [5.41, 5.74) is 1.65. The van der Waals surface area contributed by atoms with Crippen molar-refractivity contribution in [2.45, 2.75) is 52.9 Å². The van der Waals surface area contributed by atoms with E-state index >= 15 is 0 Å². The number of aryl methyl sites for hydroxylation is 1. The maximum absolute atomic E-state index is 12.0. The number of hydrogen-bond donors (Lipinski definition) is 2. The second-order valence-electron chi connectivity index (χ2n) is 6.21. The van der Waals surface area contributed by atoms with Crippen LogP contribution < -0.4 is 10.6 Å². The fraction of sp³-hybridized carbons (Fsp3) is 0.632. The molecular weight excluding hydrogens is 322 g/mol. The molecule has 136 valence electrons. The van der Waals surface area contributed by atoms with E-state index in [1.54, 1.807) is 6.07 Å². The molecule has 0 spiro atoms. The summed E-state index contributed by atoms with van der Waals surface area (Å²) in [7, 11) is 0. The van der Waals surface area contributed by atoms with Crippen molar-refractivity contribution in [3.8, 4) is 0 Å². The van der Waals surface area contributed by atoms with Crippen molar-refractivity contribution in [3.05, 3.63) is 28.8 Å². The molecule has 4 nitrogen and oxygen atoms in total. The highest BCUT2D eigenvalue weighted by Crippen LogP contribution is 2.24. The highest BCUT2D eigenvalue weighted by Gasteiger charge is 2.08. The van der Waals surface area contributed by atoms with Crippen LogP contribution in [0.2, 0.25) is 5.02 Å². The van der Waals surface area contributed by atoms with Crippen molar-refractivity contribution in [1.29, 1.82) is 0 Å². The zero-order chi connectivity index (χ0) is 17.8. The predicted molar refractivity (Wildman–Crippen MR) is 104 cm³/mol. The Balaban J connectivity index is 2.31. The third-order valence-electron chi connectivity index (χ3n) is 4.05. The number of carbonyl (C=O) groups is 1. The summed E-state index contributed by atoms with van der Waals surface area (Å²) >= 11 is 6.12. The van der Waals surface area contributed by atoms with E-state index in [0.29, 0.717) is 17.3 Å². The number of hydrogen-bond acceptors (Lipinski definition) is 2. The molecule has 0 atom stereocenters. The summed E-state index contributed by atoms with van der Waals surface area (Å²) in [5, 5.41) is 6.32. The Morgan fingerprint density at radius 2 is 1.71 bits per heavy atom. The molecule has 2 amide bonds. The molecule has 0 fully saturated rings. The minimum Gasteiger partial charge on any atom is -0.338 e. The van der Waals surface area contributed by atoms with E-state index in [-0.39, 0.29) is 6.03 Å². The molecule has 1 aromatic carbocycles. The lowest BCUT2D eigenvalue weighted by molar-refractivity contribution is 0.246. The van der Waals surface area contributed by atoms with Gasteiger partial charge in [0.05, 0.1) is 10.7 Å². The Hall–Kier alpha value is -1.26. The van der Waals surface area contributed by atoms with Gasteiger partial charge in [0, 0.05) is 6.54 Å². The first-order chi connectivity index (χ1) is 11.6. The topological polar surface area (TPSA) is 44.4 Å². The molecule has 0 heterocycles. The van der Waals surface area contributed by atoms with Crippen LogP contribution in [0.1, 0.15) is 51.5 Å². The summed E-state index contributed by atoms with van der Waals surface area (Å²) in [5.74, 6) is 0. The van der Waals surface area contributed by atoms with E-state index in [1.807, 2.05) is 19.1 Å². The second-order valence-corrected chi connectivity index (χ2v) is 6.62. The van der Waals surface area contributed by atoms with Crippen LogP contribution in [0.15, 0.2) is 18.2 Å². The minimum absolute atomic E-state index is 0.195. The Bertz CT molecular complexity index is 465. The first-order valence-corrected chi connectivity index (χ1v) is 9.48. The van der Waals surface area contributed by atoms with Crippen LogP contribution >= 0.6 is 11.6 Å². The number of benzene rings is 1. The van der Waals surface area contributed by atoms with Gasteiger partial charge < -0.3 is 15.5 Å². The van der Waals surface area contributed by atoms with E-state index in [2.05, 4.69) is 29.4 Å². The quantitative estimate of drug-likeness (QED) is 0.546. The Morgan fingerprint density at radius 3 is 2.29 bits per heavy atom. The van der Waals surface area contributed by atoms with E-state index in [1.165, 1.54) is 25.7 Å². The van der Waals surface area contributed by atoms with Crippen molar-refractivity contribution < 1.29 is 4.79 Å². The van der Waals surface area contributed by atoms with Crippen LogP contribution in [-0.2, 0) is 0 Å². The standard InChI is InChI=1S/C19H32ClN3O/c1-4-6-13-23(14-7-5-2)15-9-12-21-19(24)22-18-16(3)10-8-11-17(18)20/h8,10-11H,4-7,9,12-15H2,1-3H3,(H2,21,22,24). The maximum atomic E-state index is 12.0. The monoisotopic (exact) mass is 353 g/mol.